The molecule has 1 aromatic carbocycles. The molecule has 4 heteroatoms. The third kappa shape index (κ3) is 3.65. The van der Waals surface area contributed by atoms with Gasteiger partial charge in [-0.25, -0.2) is 4.39 Å². The molecule has 0 spiro atoms. The third-order valence-corrected chi connectivity index (χ3v) is 3.82. The van der Waals surface area contributed by atoms with E-state index in [4.69, 9.17) is 0 Å². The Morgan fingerprint density at radius 1 is 1.15 bits per heavy atom. The first-order valence-corrected chi connectivity index (χ1v) is 7.19. The Bertz CT molecular complexity index is 505. The molecule has 108 valence electrons. The summed E-state index contributed by atoms with van der Waals surface area (Å²) in [7, 11) is 0. The predicted molar refractivity (Wildman–Crippen MR) is 75.1 cm³/mol. The lowest BCUT2D eigenvalue weighted by Crippen LogP contribution is -2.39. The summed E-state index contributed by atoms with van der Waals surface area (Å²) in [6.45, 7) is 1.58. The molecule has 0 aromatic heterocycles. The fraction of sp³-hybridized carbons (Fsp3) is 0.500. The van der Waals surface area contributed by atoms with Crippen molar-refractivity contribution in [1.82, 2.24) is 5.32 Å². The van der Waals surface area contributed by atoms with Crippen LogP contribution in [0.1, 0.15) is 54.4 Å². The molecular weight excluding hydrogens is 257 g/mol. The number of hydrogen-bond acceptors (Lipinski definition) is 2. The molecule has 3 nitrogen and oxygen atoms in total. The average Bonchev–Trinajstić information content (AvgIpc) is 2.69. The van der Waals surface area contributed by atoms with Gasteiger partial charge in [0.25, 0.3) is 5.91 Å². The third-order valence-electron chi connectivity index (χ3n) is 3.82. The van der Waals surface area contributed by atoms with E-state index < -0.39 is 11.7 Å². The van der Waals surface area contributed by atoms with Crippen molar-refractivity contribution in [2.45, 2.75) is 51.5 Å². The van der Waals surface area contributed by atoms with Gasteiger partial charge in [-0.3, -0.25) is 9.59 Å². The number of rotatable bonds is 3. The van der Waals surface area contributed by atoms with Crippen molar-refractivity contribution in [1.29, 1.82) is 0 Å². The fourth-order valence-corrected chi connectivity index (χ4v) is 2.59. The second-order valence-corrected chi connectivity index (χ2v) is 5.46. The van der Waals surface area contributed by atoms with Crippen LogP contribution in [0.3, 0.4) is 0 Å². The highest BCUT2D eigenvalue weighted by Crippen LogP contribution is 2.17. The Hall–Kier alpha value is -1.71. The Balaban J connectivity index is 2.00. The topological polar surface area (TPSA) is 46.2 Å². The van der Waals surface area contributed by atoms with Crippen molar-refractivity contribution in [3.05, 3.63) is 35.1 Å². The number of ketones is 1. The molecule has 0 atom stereocenters. The lowest BCUT2D eigenvalue weighted by Gasteiger charge is -2.15. The van der Waals surface area contributed by atoms with Crippen LogP contribution in [-0.4, -0.2) is 17.7 Å². The standard InChI is InChI=1S/C16H20FNO2/c1-11-10-12(8-9-14(11)17)15(19)16(20)18-13-6-4-2-3-5-7-13/h8-10,13H,2-7H2,1H3,(H,18,20). The van der Waals surface area contributed by atoms with Gasteiger partial charge in [-0.15, -0.1) is 0 Å². The van der Waals surface area contributed by atoms with Crippen LogP contribution in [0.25, 0.3) is 0 Å². The number of aryl methyl sites for hydroxylation is 1. The van der Waals surface area contributed by atoms with Gasteiger partial charge in [-0.2, -0.15) is 0 Å². The maximum atomic E-state index is 13.2. The van der Waals surface area contributed by atoms with Crippen LogP contribution in [0.2, 0.25) is 0 Å². The smallest absolute Gasteiger partial charge is 0.292 e. The van der Waals surface area contributed by atoms with E-state index >= 15 is 0 Å². The van der Waals surface area contributed by atoms with Gasteiger partial charge >= 0.3 is 0 Å². The summed E-state index contributed by atoms with van der Waals surface area (Å²) >= 11 is 0. The lowest BCUT2D eigenvalue weighted by molar-refractivity contribution is -0.117. The molecule has 1 aromatic rings. The van der Waals surface area contributed by atoms with Gasteiger partial charge in [-0.05, 0) is 43.5 Å². The second-order valence-electron chi connectivity index (χ2n) is 5.46. The average molecular weight is 277 g/mol. The van der Waals surface area contributed by atoms with Crippen LogP contribution < -0.4 is 5.32 Å². The van der Waals surface area contributed by atoms with Crippen LogP contribution in [0.4, 0.5) is 4.39 Å². The molecule has 20 heavy (non-hydrogen) atoms. The SMILES string of the molecule is Cc1cc(C(=O)C(=O)NC2CCCCCC2)ccc1F. The summed E-state index contributed by atoms with van der Waals surface area (Å²) in [5.74, 6) is -1.54. The van der Waals surface area contributed by atoms with Gasteiger partial charge < -0.3 is 5.32 Å². The fourth-order valence-electron chi connectivity index (χ4n) is 2.59. The molecule has 0 saturated heterocycles. The van der Waals surface area contributed by atoms with Gasteiger partial charge in [0, 0.05) is 11.6 Å². The number of halogens is 1. The number of carbonyl (C=O) groups is 2. The molecule has 2 rings (SSSR count). The maximum Gasteiger partial charge on any atom is 0.292 e. The number of Topliss-reactive ketones (excluding diaryl/α,β-unsaturated/α-hetero) is 1. The zero-order chi connectivity index (χ0) is 14.5. The van der Waals surface area contributed by atoms with Crippen molar-refractivity contribution in [3.63, 3.8) is 0 Å². The summed E-state index contributed by atoms with van der Waals surface area (Å²) < 4.78 is 13.2. The number of nitrogens with one attached hydrogen (secondary N) is 1. The number of benzene rings is 1. The van der Waals surface area contributed by atoms with Crippen molar-refractivity contribution in [3.8, 4) is 0 Å². The minimum absolute atomic E-state index is 0.0931. The molecule has 0 bridgehead atoms. The summed E-state index contributed by atoms with van der Waals surface area (Å²) in [5.41, 5.74) is 0.619. The number of carbonyl (C=O) groups excluding carboxylic acids is 2. The van der Waals surface area contributed by atoms with E-state index in [2.05, 4.69) is 5.32 Å². The highest BCUT2D eigenvalue weighted by Gasteiger charge is 2.21. The van der Waals surface area contributed by atoms with E-state index in [1.165, 1.54) is 31.0 Å². The largest absolute Gasteiger partial charge is 0.346 e. The normalized spacial score (nSPS) is 16.5. The lowest BCUT2D eigenvalue weighted by atomic mass is 10.1. The van der Waals surface area contributed by atoms with Gasteiger partial charge in [0.1, 0.15) is 5.82 Å². The van der Waals surface area contributed by atoms with E-state index in [1.54, 1.807) is 6.92 Å². The molecule has 0 radical (unpaired) electrons. The quantitative estimate of drug-likeness (QED) is 0.524. The highest BCUT2D eigenvalue weighted by molar-refractivity contribution is 6.42. The Labute approximate surface area is 118 Å². The zero-order valence-corrected chi connectivity index (χ0v) is 11.7. The second kappa shape index (κ2) is 6.64. The summed E-state index contributed by atoms with van der Waals surface area (Å²) in [6, 6.07) is 4.10. The van der Waals surface area contributed by atoms with Crippen LogP contribution in [-0.2, 0) is 4.79 Å². The molecule has 1 amide bonds. The molecule has 1 saturated carbocycles. The molecule has 0 heterocycles. The molecule has 1 aliphatic rings. The van der Waals surface area contributed by atoms with Crippen molar-refractivity contribution in [2.75, 3.05) is 0 Å². The first kappa shape index (κ1) is 14.7. The van der Waals surface area contributed by atoms with Crippen LogP contribution in [0, 0.1) is 12.7 Å². The monoisotopic (exact) mass is 277 g/mol. The first-order valence-electron chi connectivity index (χ1n) is 7.19. The van der Waals surface area contributed by atoms with Gasteiger partial charge in [0.15, 0.2) is 0 Å². The van der Waals surface area contributed by atoms with E-state index in [0.29, 0.717) is 5.56 Å². The first-order chi connectivity index (χ1) is 9.58. The molecule has 1 aliphatic carbocycles. The summed E-state index contributed by atoms with van der Waals surface area (Å²) in [4.78, 5) is 24.0. The van der Waals surface area contributed by atoms with Gasteiger partial charge in [0.05, 0.1) is 0 Å². The Kier molecular flexibility index (Phi) is 4.88. The Morgan fingerprint density at radius 2 is 1.80 bits per heavy atom. The predicted octanol–water partition coefficient (Wildman–Crippen LogP) is 3.16. The van der Waals surface area contributed by atoms with Crippen molar-refractivity contribution >= 4 is 11.7 Å². The molecular formula is C16H20FNO2. The summed E-state index contributed by atoms with van der Waals surface area (Å²) in [6.07, 6.45) is 6.43. The van der Waals surface area contributed by atoms with Gasteiger partial charge in [0.2, 0.25) is 5.78 Å². The van der Waals surface area contributed by atoms with E-state index in [-0.39, 0.29) is 17.4 Å². The van der Waals surface area contributed by atoms with E-state index in [9.17, 15) is 14.0 Å². The summed E-state index contributed by atoms with van der Waals surface area (Å²) in [5, 5.41) is 2.81. The molecule has 0 aliphatic heterocycles. The molecule has 0 unspecified atom stereocenters. The van der Waals surface area contributed by atoms with Crippen LogP contribution in [0.15, 0.2) is 18.2 Å². The maximum absolute atomic E-state index is 13.2. The van der Waals surface area contributed by atoms with Crippen LogP contribution in [0.5, 0.6) is 0 Å². The Morgan fingerprint density at radius 3 is 2.40 bits per heavy atom. The zero-order valence-electron chi connectivity index (χ0n) is 11.7. The van der Waals surface area contributed by atoms with E-state index in [0.717, 1.165) is 25.7 Å². The van der Waals surface area contributed by atoms with E-state index in [1.807, 2.05) is 0 Å². The molecule has 1 fully saturated rings. The highest BCUT2D eigenvalue weighted by atomic mass is 19.1. The van der Waals surface area contributed by atoms with Crippen molar-refractivity contribution < 1.29 is 14.0 Å². The minimum atomic E-state index is -0.586. The number of amides is 1. The minimum Gasteiger partial charge on any atom is -0.346 e. The van der Waals surface area contributed by atoms with Crippen LogP contribution >= 0.6 is 0 Å². The van der Waals surface area contributed by atoms with Gasteiger partial charge in [-0.1, -0.05) is 25.7 Å². The van der Waals surface area contributed by atoms with Crippen molar-refractivity contribution in [2.24, 2.45) is 0 Å². The molecule has 1 N–H and O–H groups in total. The number of hydrogen-bond donors (Lipinski definition) is 1.